The highest BCUT2D eigenvalue weighted by Crippen LogP contribution is 2.24. The van der Waals surface area contributed by atoms with Gasteiger partial charge in [0.2, 0.25) is 0 Å². The molecule has 30 heavy (non-hydrogen) atoms. The lowest BCUT2D eigenvalue weighted by molar-refractivity contribution is 0.313. The Balaban J connectivity index is 1.59. The van der Waals surface area contributed by atoms with Crippen molar-refractivity contribution in [2.75, 3.05) is 5.32 Å². The minimum absolute atomic E-state index is 0.294. The highest BCUT2D eigenvalue weighted by molar-refractivity contribution is 5.39. The third kappa shape index (κ3) is 4.81. The first kappa shape index (κ1) is 19.6. The molecule has 0 saturated carbocycles. The molecule has 0 radical (unpaired) electrons. The molecule has 0 fully saturated rings. The summed E-state index contributed by atoms with van der Waals surface area (Å²) >= 11 is 0. The molecule has 1 aromatic heterocycles. The molecule has 1 aliphatic rings. The predicted molar refractivity (Wildman–Crippen MR) is 110 cm³/mol. The molecule has 1 unspecified atom stereocenters. The van der Waals surface area contributed by atoms with E-state index in [9.17, 15) is 8.78 Å². The van der Waals surface area contributed by atoms with Crippen molar-refractivity contribution < 1.29 is 13.5 Å². The highest BCUT2D eigenvalue weighted by Gasteiger charge is 2.20. The lowest BCUT2D eigenvalue weighted by Crippen LogP contribution is -2.38. The Morgan fingerprint density at radius 2 is 1.90 bits per heavy atom. The molecule has 1 N–H and O–H groups in total. The number of hydrogen-bond acceptors (Lipinski definition) is 5. The van der Waals surface area contributed by atoms with E-state index in [1.807, 2.05) is 54.4 Å². The minimum Gasteiger partial charge on any atom is -0.457 e. The van der Waals surface area contributed by atoms with Crippen LogP contribution in [0.25, 0.3) is 0 Å². The van der Waals surface area contributed by atoms with Gasteiger partial charge < -0.3 is 15.0 Å². The molecular formula is C23H20F2N4O. The third-order valence-electron chi connectivity index (χ3n) is 4.60. The molecular weight excluding hydrogens is 386 g/mol. The third-order valence-corrected chi connectivity index (χ3v) is 4.60. The number of halogens is 2. The first-order valence-corrected chi connectivity index (χ1v) is 9.43. The molecule has 0 bridgehead atoms. The normalized spacial score (nSPS) is 15.6. The summed E-state index contributed by atoms with van der Waals surface area (Å²) in [6.45, 7) is 2.27. The Labute approximate surface area is 173 Å². The van der Waals surface area contributed by atoms with E-state index in [2.05, 4.69) is 15.3 Å². The maximum absolute atomic E-state index is 13.6. The zero-order valence-electron chi connectivity index (χ0n) is 16.3. The Kier molecular flexibility index (Phi) is 5.70. The molecule has 0 spiro atoms. The van der Waals surface area contributed by atoms with Crippen LogP contribution in [0.4, 0.5) is 14.6 Å². The number of nitrogens with zero attached hydrogens (tertiary/aromatic N) is 3. The molecule has 0 aliphatic carbocycles. The van der Waals surface area contributed by atoms with Gasteiger partial charge in [-0.25, -0.2) is 18.7 Å². The van der Waals surface area contributed by atoms with Crippen LogP contribution in [0.3, 0.4) is 0 Å². The lowest BCUT2D eigenvalue weighted by atomic mass is 10.1. The number of allylic oxidation sites excluding steroid dienone is 1. The van der Waals surface area contributed by atoms with Crippen LogP contribution in [0.15, 0.2) is 85.2 Å². The van der Waals surface area contributed by atoms with Gasteiger partial charge in [-0.1, -0.05) is 18.2 Å². The van der Waals surface area contributed by atoms with Crippen molar-refractivity contribution in [3.63, 3.8) is 0 Å². The van der Waals surface area contributed by atoms with E-state index < -0.39 is 11.6 Å². The van der Waals surface area contributed by atoms with Gasteiger partial charge in [0, 0.05) is 31.1 Å². The smallest absolute Gasteiger partial charge is 0.131 e. The number of aryl methyl sites for hydroxylation is 1. The SMILES string of the molecule is Cc1ccccc1OC1=CC(Nc2ccncn2)N(Cc2cc(F)cc(F)c2)C=C1. The van der Waals surface area contributed by atoms with Crippen LogP contribution in [-0.2, 0) is 6.54 Å². The van der Waals surface area contributed by atoms with Crippen LogP contribution in [0, 0.1) is 18.6 Å². The standard InChI is InChI=1S/C23H20F2N4O/c1-16-4-2-3-5-21(16)30-20-7-9-29(14-17-10-18(24)12-19(25)11-17)23(13-20)28-22-6-8-26-15-27-22/h2-13,15,23H,14H2,1H3,(H,26,27,28). The summed E-state index contributed by atoms with van der Waals surface area (Å²) in [6, 6.07) is 13.0. The van der Waals surface area contributed by atoms with Crippen molar-refractivity contribution in [2.24, 2.45) is 0 Å². The van der Waals surface area contributed by atoms with E-state index in [0.29, 0.717) is 23.7 Å². The first-order valence-electron chi connectivity index (χ1n) is 9.43. The molecule has 2 aromatic carbocycles. The number of aromatic nitrogens is 2. The second-order valence-electron chi connectivity index (χ2n) is 6.89. The Morgan fingerprint density at radius 1 is 1.10 bits per heavy atom. The fourth-order valence-electron chi connectivity index (χ4n) is 3.15. The summed E-state index contributed by atoms with van der Waals surface area (Å²) in [5.41, 5.74) is 1.54. The number of para-hydroxylation sites is 1. The van der Waals surface area contributed by atoms with Crippen LogP contribution < -0.4 is 10.1 Å². The summed E-state index contributed by atoms with van der Waals surface area (Å²) in [5.74, 6) is 0.815. The van der Waals surface area contributed by atoms with Gasteiger partial charge in [0.25, 0.3) is 0 Å². The molecule has 0 saturated heterocycles. The predicted octanol–water partition coefficient (Wildman–Crippen LogP) is 4.79. The van der Waals surface area contributed by atoms with Gasteiger partial charge in [-0.2, -0.15) is 0 Å². The maximum Gasteiger partial charge on any atom is 0.131 e. The molecule has 152 valence electrons. The molecule has 0 amide bonds. The number of benzene rings is 2. The molecule has 5 nitrogen and oxygen atoms in total. The number of rotatable bonds is 6. The fourth-order valence-corrected chi connectivity index (χ4v) is 3.15. The number of nitrogens with one attached hydrogen (secondary N) is 1. The first-order chi connectivity index (χ1) is 14.6. The van der Waals surface area contributed by atoms with Crippen LogP contribution >= 0.6 is 0 Å². The van der Waals surface area contributed by atoms with Gasteiger partial charge in [0.1, 0.15) is 41.5 Å². The van der Waals surface area contributed by atoms with E-state index in [0.717, 1.165) is 17.4 Å². The Morgan fingerprint density at radius 3 is 2.63 bits per heavy atom. The second kappa shape index (κ2) is 8.73. The maximum atomic E-state index is 13.6. The Bertz CT molecular complexity index is 1070. The van der Waals surface area contributed by atoms with E-state index in [1.54, 1.807) is 12.3 Å². The number of hydrogen-bond donors (Lipinski definition) is 1. The minimum atomic E-state index is -0.606. The molecule has 7 heteroatoms. The topological polar surface area (TPSA) is 50.3 Å². The van der Waals surface area contributed by atoms with Crippen LogP contribution in [0.5, 0.6) is 5.75 Å². The van der Waals surface area contributed by atoms with Crippen LogP contribution in [0.2, 0.25) is 0 Å². The lowest BCUT2D eigenvalue weighted by Gasteiger charge is -2.32. The van der Waals surface area contributed by atoms with Crippen molar-refractivity contribution >= 4 is 5.82 Å². The largest absolute Gasteiger partial charge is 0.457 e. The molecule has 4 rings (SSSR count). The average molecular weight is 406 g/mol. The molecule has 3 aromatic rings. The quantitative estimate of drug-likeness (QED) is 0.638. The molecule has 1 atom stereocenters. The molecule has 1 aliphatic heterocycles. The zero-order chi connectivity index (χ0) is 20.9. The van der Waals surface area contributed by atoms with Crippen molar-refractivity contribution in [2.45, 2.75) is 19.6 Å². The van der Waals surface area contributed by atoms with Gasteiger partial charge >= 0.3 is 0 Å². The summed E-state index contributed by atoms with van der Waals surface area (Å²) < 4.78 is 33.3. The van der Waals surface area contributed by atoms with Crippen molar-refractivity contribution in [1.82, 2.24) is 14.9 Å². The zero-order valence-corrected chi connectivity index (χ0v) is 16.3. The number of anilines is 1. The fraction of sp³-hybridized carbons (Fsp3) is 0.130. The average Bonchev–Trinajstić information content (AvgIpc) is 2.72. The monoisotopic (exact) mass is 406 g/mol. The van der Waals surface area contributed by atoms with Crippen molar-refractivity contribution in [1.29, 1.82) is 0 Å². The van der Waals surface area contributed by atoms with E-state index in [-0.39, 0.29) is 6.17 Å². The van der Waals surface area contributed by atoms with Gasteiger partial charge in [0.05, 0.1) is 0 Å². The van der Waals surface area contributed by atoms with Crippen LogP contribution in [0.1, 0.15) is 11.1 Å². The molecule has 2 heterocycles. The Hall–Kier alpha value is -3.74. The summed E-state index contributed by atoms with van der Waals surface area (Å²) in [4.78, 5) is 10.0. The van der Waals surface area contributed by atoms with Gasteiger partial charge in [-0.3, -0.25) is 0 Å². The van der Waals surface area contributed by atoms with Gasteiger partial charge in [-0.15, -0.1) is 0 Å². The summed E-state index contributed by atoms with van der Waals surface area (Å²) in [7, 11) is 0. The van der Waals surface area contributed by atoms with Gasteiger partial charge in [0.15, 0.2) is 0 Å². The highest BCUT2D eigenvalue weighted by atomic mass is 19.1. The number of ether oxygens (including phenoxy) is 1. The summed E-state index contributed by atoms with van der Waals surface area (Å²) in [5, 5.41) is 3.29. The van der Waals surface area contributed by atoms with E-state index in [1.165, 1.54) is 18.5 Å². The van der Waals surface area contributed by atoms with E-state index in [4.69, 9.17) is 4.74 Å². The van der Waals surface area contributed by atoms with Gasteiger partial charge in [-0.05, 0) is 48.4 Å². The van der Waals surface area contributed by atoms with Crippen LogP contribution in [-0.4, -0.2) is 21.0 Å². The van der Waals surface area contributed by atoms with Crippen molar-refractivity contribution in [3.8, 4) is 5.75 Å². The summed E-state index contributed by atoms with van der Waals surface area (Å²) in [6.07, 6.45) is 8.27. The van der Waals surface area contributed by atoms with E-state index >= 15 is 0 Å². The second-order valence-corrected chi connectivity index (χ2v) is 6.89. The van der Waals surface area contributed by atoms with Crippen molar-refractivity contribution in [3.05, 3.63) is 108 Å².